The maximum absolute atomic E-state index is 13.3. The molecule has 0 aliphatic heterocycles. The highest BCUT2D eigenvalue weighted by Crippen LogP contribution is 2.23. The third-order valence-corrected chi connectivity index (χ3v) is 5.86. The predicted molar refractivity (Wildman–Crippen MR) is 121 cm³/mol. The second-order valence-electron chi connectivity index (χ2n) is 7.30. The van der Waals surface area contributed by atoms with Gasteiger partial charge in [0.15, 0.2) is 0 Å². The molecule has 6 nitrogen and oxygen atoms in total. The van der Waals surface area contributed by atoms with Crippen LogP contribution in [0.5, 0.6) is 5.75 Å². The first-order chi connectivity index (χ1) is 15.0. The van der Waals surface area contributed by atoms with E-state index in [0.717, 1.165) is 16.9 Å². The number of aromatic nitrogens is 2. The summed E-state index contributed by atoms with van der Waals surface area (Å²) in [6, 6.07) is 17.6. The van der Waals surface area contributed by atoms with Crippen LogP contribution < -0.4 is 10.3 Å². The van der Waals surface area contributed by atoms with Crippen molar-refractivity contribution in [2.24, 2.45) is 0 Å². The first-order valence-corrected chi connectivity index (χ1v) is 10.9. The molecule has 0 unspecified atom stereocenters. The van der Waals surface area contributed by atoms with Crippen molar-refractivity contribution in [3.8, 4) is 5.75 Å². The van der Waals surface area contributed by atoms with E-state index in [1.165, 1.54) is 16.7 Å². The molecule has 158 valence electrons. The molecule has 0 radical (unpaired) electrons. The number of carboxylic acid groups (broad SMARTS) is 1. The molecule has 0 saturated carbocycles. The molecule has 7 heteroatoms. The standard InChI is InChI=1S/C24H22N2O4S/c1-16-7-5-10-18(13-16)30-12-6-11-26-20(14-17-8-3-2-4-9-17)25-22-21(23(26)27)19(15-31-22)24(28)29/h2-5,7-10,13,15H,6,11-12,14H2,1H3,(H,28,29). The molecule has 0 atom stereocenters. The van der Waals surface area contributed by atoms with Crippen molar-refractivity contribution in [2.75, 3.05) is 6.61 Å². The molecule has 0 saturated heterocycles. The van der Waals surface area contributed by atoms with Crippen molar-refractivity contribution >= 4 is 27.5 Å². The highest BCUT2D eigenvalue weighted by atomic mass is 32.1. The molecule has 0 aliphatic carbocycles. The monoisotopic (exact) mass is 434 g/mol. The maximum atomic E-state index is 13.3. The second kappa shape index (κ2) is 9.14. The van der Waals surface area contributed by atoms with Crippen LogP contribution in [-0.2, 0) is 13.0 Å². The minimum atomic E-state index is -1.12. The molecule has 2 aromatic heterocycles. The lowest BCUT2D eigenvalue weighted by molar-refractivity contribution is 0.0699. The molecule has 0 bridgehead atoms. The fourth-order valence-electron chi connectivity index (χ4n) is 3.49. The van der Waals surface area contributed by atoms with Gasteiger partial charge in [0.1, 0.15) is 16.4 Å². The Labute approximate surface area is 183 Å². The number of ether oxygens (including phenoxy) is 1. The van der Waals surface area contributed by atoms with Crippen LogP contribution >= 0.6 is 11.3 Å². The second-order valence-corrected chi connectivity index (χ2v) is 8.16. The summed E-state index contributed by atoms with van der Waals surface area (Å²) in [4.78, 5) is 30.0. The van der Waals surface area contributed by atoms with Crippen LogP contribution in [0, 0.1) is 6.92 Å². The molecule has 2 heterocycles. The van der Waals surface area contributed by atoms with Crippen LogP contribution in [0.25, 0.3) is 10.2 Å². The summed E-state index contributed by atoms with van der Waals surface area (Å²) in [6.07, 6.45) is 1.08. The van der Waals surface area contributed by atoms with Gasteiger partial charge in [0, 0.05) is 18.3 Å². The molecule has 0 amide bonds. The van der Waals surface area contributed by atoms with Crippen molar-refractivity contribution in [3.05, 3.63) is 92.8 Å². The van der Waals surface area contributed by atoms with Crippen LogP contribution in [0.2, 0.25) is 0 Å². The smallest absolute Gasteiger partial charge is 0.337 e. The van der Waals surface area contributed by atoms with Crippen LogP contribution in [0.3, 0.4) is 0 Å². The Hall–Kier alpha value is -3.45. The number of nitrogens with zero attached hydrogens (tertiary/aromatic N) is 2. The molecule has 0 fully saturated rings. The number of carbonyl (C=O) groups is 1. The van der Waals surface area contributed by atoms with Gasteiger partial charge >= 0.3 is 5.97 Å². The molecule has 4 aromatic rings. The van der Waals surface area contributed by atoms with E-state index in [1.807, 2.05) is 61.5 Å². The Morgan fingerprint density at radius 2 is 1.97 bits per heavy atom. The van der Waals surface area contributed by atoms with Crippen molar-refractivity contribution in [3.63, 3.8) is 0 Å². The lowest BCUT2D eigenvalue weighted by Gasteiger charge is -2.13. The first-order valence-electron chi connectivity index (χ1n) is 10.0. The summed E-state index contributed by atoms with van der Waals surface area (Å²) < 4.78 is 7.40. The quantitative estimate of drug-likeness (QED) is 0.412. The van der Waals surface area contributed by atoms with E-state index < -0.39 is 5.97 Å². The SMILES string of the molecule is Cc1cccc(OCCCn2c(Cc3ccccc3)nc3scc(C(=O)O)c3c2=O)c1. The summed E-state index contributed by atoms with van der Waals surface area (Å²) in [7, 11) is 0. The molecule has 2 aromatic carbocycles. The normalized spacial score (nSPS) is 11.0. The van der Waals surface area contributed by atoms with E-state index in [4.69, 9.17) is 4.74 Å². The molecule has 31 heavy (non-hydrogen) atoms. The first kappa shape index (κ1) is 20.8. The van der Waals surface area contributed by atoms with E-state index in [0.29, 0.717) is 36.6 Å². The zero-order valence-electron chi connectivity index (χ0n) is 17.1. The van der Waals surface area contributed by atoms with Crippen molar-refractivity contribution in [1.82, 2.24) is 9.55 Å². The fourth-order valence-corrected chi connectivity index (χ4v) is 4.41. The van der Waals surface area contributed by atoms with Gasteiger partial charge in [-0.15, -0.1) is 11.3 Å². The molecular formula is C24H22N2O4S. The van der Waals surface area contributed by atoms with Crippen molar-refractivity contribution < 1.29 is 14.6 Å². The zero-order valence-corrected chi connectivity index (χ0v) is 17.9. The Morgan fingerprint density at radius 1 is 1.16 bits per heavy atom. The van der Waals surface area contributed by atoms with Gasteiger partial charge in [0.05, 0.1) is 17.6 Å². The van der Waals surface area contributed by atoms with Crippen LogP contribution in [-0.4, -0.2) is 27.2 Å². The fraction of sp³-hybridized carbons (Fsp3) is 0.208. The lowest BCUT2D eigenvalue weighted by atomic mass is 10.1. The Kier molecular flexibility index (Phi) is 6.13. The van der Waals surface area contributed by atoms with E-state index in [9.17, 15) is 14.7 Å². The zero-order chi connectivity index (χ0) is 21.8. The van der Waals surface area contributed by atoms with E-state index in [-0.39, 0.29) is 16.5 Å². The van der Waals surface area contributed by atoms with E-state index in [1.54, 1.807) is 4.57 Å². The largest absolute Gasteiger partial charge is 0.494 e. The van der Waals surface area contributed by atoms with Gasteiger partial charge in [-0.05, 0) is 36.6 Å². The number of rotatable bonds is 8. The number of hydrogen-bond acceptors (Lipinski definition) is 5. The van der Waals surface area contributed by atoms with Gasteiger partial charge in [0.25, 0.3) is 5.56 Å². The summed E-state index contributed by atoms with van der Waals surface area (Å²) in [6.45, 7) is 2.84. The molecular weight excluding hydrogens is 412 g/mol. The van der Waals surface area contributed by atoms with Gasteiger partial charge in [-0.3, -0.25) is 9.36 Å². The third-order valence-electron chi connectivity index (χ3n) is 4.99. The van der Waals surface area contributed by atoms with Crippen LogP contribution in [0.4, 0.5) is 0 Å². The number of carboxylic acids is 1. The Balaban J connectivity index is 1.62. The molecule has 4 rings (SSSR count). The van der Waals surface area contributed by atoms with Gasteiger partial charge in [0.2, 0.25) is 0 Å². The highest BCUT2D eigenvalue weighted by molar-refractivity contribution is 7.17. The Morgan fingerprint density at radius 3 is 2.71 bits per heavy atom. The molecule has 0 spiro atoms. The molecule has 1 N–H and O–H groups in total. The number of thiophene rings is 1. The van der Waals surface area contributed by atoms with Gasteiger partial charge < -0.3 is 9.84 Å². The molecule has 0 aliphatic rings. The number of benzene rings is 2. The summed E-state index contributed by atoms with van der Waals surface area (Å²) in [5, 5.41) is 11.1. The van der Waals surface area contributed by atoms with E-state index >= 15 is 0 Å². The summed E-state index contributed by atoms with van der Waals surface area (Å²) >= 11 is 1.19. The number of aromatic carboxylic acids is 1. The minimum Gasteiger partial charge on any atom is -0.494 e. The number of hydrogen-bond donors (Lipinski definition) is 1. The topological polar surface area (TPSA) is 81.4 Å². The highest BCUT2D eigenvalue weighted by Gasteiger charge is 2.19. The van der Waals surface area contributed by atoms with E-state index in [2.05, 4.69) is 4.98 Å². The van der Waals surface area contributed by atoms with Gasteiger partial charge in [-0.2, -0.15) is 0 Å². The van der Waals surface area contributed by atoms with Gasteiger partial charge in [-0.1, -0.05) is 42.5 Å². The van der Waals surface area contributed by atoms with Crippen LogP contribution in [0.1, 0.15) is 33.7 Å². The predicted octanol–water partition coefficient (Wildman–Crippen LogP) is 4.52. The van der Waals surface area contributed by atoms with Gasteiger partial charge in [-0.25, -0.2) is 9.78 Å². The summed E-state index contributed by atoms with van der Waals surface area (Å²) in [5.41, 5.74) is 1.85. The number of aryl methyl sites for hydroxylation is 1. The lowest BCUT2D eigenvalue weighted by Crippen LogP contribution is -2.27. The average molecular weight is 435 g/mol. The maximum Gasteiger partial charge on any atom is 0.337 e. The van der Waals surface area contributed by atoms with Crippen molar-refractivity contribution in [2.45, 2.75) is 26.3 Å². The van der Waals surface area contributed by atoms with Crippen LogP contribution in [0.15, 0.2) is 64.8 Å². The number of fused-ring (bicyclic) bond motifs is 1. The Bertz CT molecular complexity index is 1280. The minimum absolute atomic E-state index is 0.00789. The average Bonchev–Trinajstić information content (AvgIpc) is 3.18. The third kappa shape index (κ3) is 4.67. The summed E-state index contributed by atoms with van der Waals surface area (Å²) in [5.74, 6) is 0.296. The van der Waals surface area contributed by atoms with Crippen molar-refractivity contribution in [1.29, 1.82) is 0 Å².